The molecule has 0 atom stereocenters. The van der Waals surface area contributed by atoms with E-state index >= 15 is 0 Å². The number of amides is 2. The molecule has 5 heteroatoms. The largest absolute Gasteiger partial charge is 0.355 e. The third-order valence-corrected chi connectivity index (χ3v) is 3.37. The summed E-state index contributed by atoms with van der Waals surface area (Å²) in [5, 5.41) is 6.08. The van der Waals surface area contributed by atoms with E-state index in [4.69, 9.17) is 11.6 Å². The fourth-order valence-corrected chi connectivity index (χ4v) is 1.94. The molecule has 0 saturated heterocycles. The molecule has 0 bridgehead atoms. The first-order valence-electron chi connectivity index (χ1n) is 6.80. The molecule has 1 aromatic rings. The van der Waals surface area contributed by atoms with Gasteiger partial charge in [-0.05, 0) is 38.0 Å². The van der Waals surface area contributed by atoms with Crippen molar-refractivity contribution in [1.82, 2.24) is 10.6 Å². The molecule has 0 spiro atoms. The van der Waals surface area contributed by atoms with E-state index in [1.165, 1.54) is 0 Å². The molecule has 0 saturated carbocycles. The van der Waals surface area contributed by atoms with Gasteiger partial charge in [-0.2, -0.15) is 0 Å². The Morgan fingerprint density at radius 2 is 1.95 bits per heavy atom. The first-order valence-corrected chi connectivity index (χ1v) is 7.17. The van der Waals surface area contributed by atoms with Crippen molar-refractivity contribution in [2.75, 3.05) is 13.1 Å². The van der Waals surface area contributed by atoms with Crippen LogP contribution in [-0.2, 0) is 16.0 Å². The average Bonchev–Trinajstić information content (AvgIpc) is 2.44. The standard InChI is InChI=1S/C16H21ClN2O2/c1-4-9-18-14(20)16(2,3)15(21)19-10-8-12-6-5-7-13(17)11-12/h4-7,11H,1,8-10H2,2-3H3,(H,18,20)(H,19,21). The molecule has 21 heavy (non-hydrogen) atoms. The topological polar surface area (TPSA) is 58.2 Å². The van der Waals surface area contributed by atoms with Gasteiger partial charge in [0.05, 0.1) is 0 Å². The molecular weight excluding hydrogens is 288 g/mol. The summed E-state index contributed by atoms with van der Waals surface area (Å²) >= 11 is 5.90. The average molecular weight is 309 g/mol. The zero-order chi connectivity index (χ0) is 15.9. The Balaban J connectivity index is 2.48. The van der Waals surface area contributed by atoms with Gasteiger partial charge in [0.1, 0.15) is 5.41 Å². The third kappa shape index (κ3) is 5.23. The van der Waals surface area contributed by atoms with Crippen LogP contribution in [0, 0.1) is 5.41 Å². The summed E-state index contributed by atoms with van der Waals surface area (Å²) < 4.78 is 0. The predicted molar refractivity (Wildman–Crippen MR) is 85.2 cm³/mol. The number of nitrogens with one attached hydrogen (secondary N) is 2. The summed E-state index contributed by atoms with van der Waals surface area (Å²) in [6, 6.07) is 7.47. The molecule has 0 aliphatic heterocycles. The summed E-state index contributed by atoms with van der Waals surface area (Å²) in [5.41, 5.74) is -0.0751. The second-order valence-electron chi connectivity index (χ2n) is 5.26. The van der Waals surface area contributed by atoms with E-state index in [2.05, 4.69) is 17.2 Å². The molecule has 0 heterocycles. The molecular formula is C16H21ClN2O2. The minimum absolute atomic E-state index is 0.300. The highest BCUT2D eigenvalue weighted by molar-refractivity contribution is 6.30. The molecule has 1 rings (SSSR count). The van der Waals surface area contributed by atoms with E-state index in [0.29, 0.717) is 24.5 Å². The Labute approximate surface area is 130 Å². The van der Waals surface area contributed by atoms with Crippen molar-refractivity contribution in [2.24, 2.45) is 5.41 Å². The number of benzene rings is 1. The van der Waals surface area contributed by atoms with Crippen LogP contribution in [0.2, 0.25) is 5.02 Å². The smallest absolute Gasteiger partial charge is 0.235 e. The Bertz CT molecular complexity index is 527. The van der Waals surface area contributed by atoms with Gasteiger partial charge in [0, 0.05) is 18.1 Å². The van der Waals surface area contributed by atoms with Crippen LogP contribution in [-0.4, -0.2) is 24.9 Å². The molecule has 2 amide bonds. The van der Waals surface area contributed by atoms with Gasteiger partial charge in [-0.1, -0.05) is 29.8 Å². The monoisotopic (exact) mass is 308 g/mol. The number of carbonyl (C=O) groups is 2. The highest BCUT2D eigenvalue weighted by atomic mass is 35.5. The van der Waals surface area contributed by atoms with E-state index in [-0.39, 0.29) is 11.8 Å². The lowest BCUT2D eigenvalue weighted by Gasteiger charge is -2.22. The second kappa shape index (κ2) is 7.84. The Morgan fingerprint density at radius 1 is 1.29 bits per heavy atom. The van der Waals surface area contributed by atoms with Crippen LogP contribution in [0.3, 0.4) is 0 Å². The van der Waals surface area contributed by atoms with Gasteiger partial charge >= 0.3 is 0 Å². The van der Waals surface area contributed by atoms with E-state index in [0.717, 1.165) is 5.56 Å². The fraction of sp³-hybridized carbons (Fsp3) is 0.375. The Hall–Kier alpha value is -1.81. The van der Waals surface area contributed by atoms with Gasteiger partial charge in [0.2, 0.25) is 11.8 Å². The summed E-state index contributed by atoms with van der Waals surface area (Å²) in [6.45, 7) is 7.52. The van der Waals surface area contributed by atoms with Crippen LogP contribution < -0.4 is 10.6 Å². The minimum atomic E-state index is -1.11. The number of hydrogen-bond acceptors (Lipinski definition) is 2. The van der Waals surface area contributed by atoms with Gasteiger partial charge in [0.15, 0.2) is 0 Å². The van der Waals surface area contributed by atoms with Crippen LogP contribution in [0.1, 0.15) is 19.4 Å². The quantitative estimate of drug-likeness (QED) is 0.600. The van der Waals surface area contributed by atoms with Gasteiger partial charge in [-0.15, -0.1) is 6.58 Å². The molecule has 2 N–H and O–H groups in total. The summed E-state index contributed by atoms with van der Waals surface area (Å²) in [6.07, 6.45) is 2.24. The van der Waals surface area contributed by atoms with Gasteiger partial charge in [-0.3, -0.25) is 9.59 Å². The van der Waals surface area contributed by atoms with E-state index in [1.807, 2.05) is 18.2 Å². The molecule has 0 aliphatic carbocycles. The molecule has 0 aromatic heterocycles. The van der Waals surface area contributed by atoms with Crippen molar-refractivity contribution in [1.29, 1.82) is 0 Å². The molecule has 0 unspecified atom stereocenters. The van der Waals surface area contributed by atoms with E-state index in [1.54, 1.807) is 26.0 Å². The van der Waals surface area contributed by atoms with Gasteiger partial charge in [0.25, 0.3) is 0 Å². The van der Waals surface area contributed by atoms with E-state index < -0.39 is 5.41 Å². The van der Waals surface area contributed by atoms with Crippen molar-refractivity contribution < 1.29 is 9.59 Å². The first-order chi connectivity index (χ1) is 9.87. The lowest BCUT2D eigenvalue weighted by Crippen LogP contribution is -2.48. The zero-order valence-corrected chi connectivity index (χ0v) is 13.2. The minimum Gasteiger partial charge on any atom is -0.355 e. The maximum absolute atomic E-state index is 12.1. The lowest BCUT2D eigenvalue weighted by molar-refractivity contribution is -0.141. The third-order valence-electron chi connectivity index (χ3n) is 3.13. The molecule has 1 aromatic carbocycles. The maximum Gasteiger partial charge on any atom is 0.235 e. The van der Waals surface area contributed by atoms with Crippen LogP contribution in [0.5, 0.6) is 0 Å². The number of halogens is 1. The summed E-state index contributed by atoms with van der Waals surface area (Å²) in [7, 11) is 0. The SMILES string of the molecule is C=CCNC(=O)C(C)(C)C(=O)NCCc1cccc(Cl)c1. The highest BCUT2D eigenvalue weighted by Crippen LogP contribution is 2.15. The van der Waals surface area contributed by atoms with Crippen molar-refractivity contribution in [3.05, 3.63) is 47.5 Å². The highest BCUT2D eigenvalue weighted by Gasteiger charge is 2.35. The van der Waals surface area contributed by atoms with Crippen LogP contribution in [0.15, 0.2) is 36.9 Å². The van der Waals surface area contributed by atoms with E-state index in [9.17, 15) is 9.59 Å². The molecule has 0 fully saturated rings. The normalized spacial score (nSPS) is 10.8. The number of rotatable bonds is 7. The zero-order valence-electron chi connectivity index (χ0n) is 12.4. The summed E-state index contributed by atoms with van der Waals surface area (Å²) in [5.74, 6) is -0.617. The lowest BCUT2D eigenvalue weighted by atomic mass is 9.91. The maximum atomic E-state index is 12.1. The van der Waals surface area contributed by atoms with Crippen LogP contribution in [0.4, 0.5) is 0 Å². The van der Waals surface area contributed by atoms with Crippen molar-refractivity contribution >= 4 is 23.4 Å². The van der Waals surface area contributed by atoms with Crippen molar-refractivity contribution in [3.8, 4) is 0 Å². The molecule has 4 nitrogen and oxygen atoms in total. The summed E-state index contributed by atoms with van der Waals surface area (Å²) in [4.78, 5) is 24.0. The van der Waals surface area contributed by atoms with Crippen molar-refractivity contribution in [2.45, 2.75) is 20.3 Å². The van der Waals surface area contributed by atoms with Gasteiger partial charge < -0.3 is 10.6 Å². The molecule has 0 radical (unpaired) electrons. The Kier molecular flexibility index (Phi) is 6.43. The van der Waals surface area contributed by atoms with Crippen LogP contribution >= 0.6 is 11.6 Å². The number of carbonyl (C=O) groups excluding carboxylic acids is 2. The first kappa shape index (κ1) is 17.2. The Morgan fingerprint density at radius 3 is 2.57 bits per heavy atom. The molecule has 114 valence electrons. The van der Waals surface area contributed by atoms with Crippen molar-refractivity contribution in [3.63, 3.8) is 0 Å². The number of hydrogen-bond donors (Lipinski definition) is 2. The predicted octanol–water partition coefficient (Wildman–Crippen LogP) is 2.33. The fourth-order valence-electron chi connectivity index (χ4n) is 1.72. The molecule has 0 aliphatic rings. The van der Waals surface area contributed by atoms with Crippen LogP contribution in [0.25, 0.3) is 0 Å². The second-order valence-corrected chi connectivity index (χ2v) is 5.70. The van der Waals surface area contributed by atoms with Gasteiger partial charge in [-0.25, -0.2) is 0 Å².